The van der Waals surface area contributed by atoms with Gasteiger partial charge >= 0.3 is 0 Å². The van der Waals surface area contributed by atoms with Crippen molar-refractivity contribution < 1.29 is 9.59 Å². The van der Waals surface area contributed by atoms with Gasteiger partial charge in [-0.1, -0.05) is 27.7 Å². The van der Waals surface area contributed by atoms with Crippen molar-refractivity contribution in [2.24, 2.45) is 22.5 Å². The molecule has 126 valence electrons. The van der Waals surface area contributed by atoms with E-state index in [2.05, 4.69) is 6.92 Å². The van der Waals surface area contributed by atoms with Gasteiger partial charge in [-0.3, -0.25) is 9.59 Å². The molecule has 0 aromatic heterocycles. The van der Waals surface area contributed by atoms with Crippen molar-refractivity contribution >= 4 is 11.8 Å². The molecule has 0 aliphatic carbocycles. The molecule has 0 bridgehead atoms. The first kappa shape index (κ1) is 17.3. The number of hydrogen-bond acceptors (Lipinski definition) is 3. The summed E-state index contributed by atoms with van der Waals surface area (Å²) >= 11 is 0. The summed E-state index contributed by atoms with van der Waals surface area (Å²) in [5, 5.41) is 0. The first-order valence-corrected chi connectivity index (χ1v) is 8.44. The zero-order valence-electron chi connectivity index (χ0n) is 14.5. The van der Waals surface area contributed by atoms with E-state index >= 15 is 0 Å². The Morgan fingerprint density at radius 1 is 1.23 bits per heavy atom. The minimum absolute atomic E-state index is 0.0415. The summed E-state index contributed by atoms with van der Waals surface area (Å²) in [7, 11) is 0. The van der Waals surface area contributed by atoms with E-state index in [1.807, 2.05) is 30.6 Å². The number of piperidine rings is 1. The molecular formula is C17H31N3O2. The van der Waals surface area contributed by atoms with Gasteiger partial charge in [0.1, 0.15) is 0 Å². The van der Waals surface area contributed by atoms with E-state index in [4.69, 9.17) is 5.73 Å². The fraction of sp³-hybridized carbons (Fsp3) is 0.882. The molecule has 0 aromatic rings. The highest BCUT2D eigenvalue weighted by atomic mass is 16.2. The van der Waals surface area contributed by atoms with E-state index in [0.29, 0.717) is 13.1 Å². The van der Waals surface area contributed by atoms with Crippen molar-refractivity contribution in [2.45, 2.75) is 47.0 Å². The molecule has 0 saturated carbocycles. The second-order valence-corrected chi connectivity index (χ2v) is 8.36. The number of amides is 2. The van der Waals surface area contributed by atoms with Crippen LogP contribution in [-0.4, -0.2) is 54.3 Å². The third-order valence-electron chi connectivity index (χ3n) is 5.06. The van der Waals surface area contributed by atoms with Crippen molar-refractivity contribution in [3.8, 4) is 0 Å². The predicted molar refractivity (Wildman–Crippen MR) is 87.1 cm³/mol. The van der Waals surface area contributed by atoms with Crippen LogP contribution in [0.5, 0.6) is 0 Å². The van der Waals surface area contributed by atoms with Crippen LogP contribution >= 0.6 is 0 Å². The third-order valence-corrected chi connectivity index (χ3v) is 5.06. The Labute approximate surface area is 134 Å². The Hall–Kier alpha value is -1.10. The first-order chi connectivity index (χ1) is 10.2. The van der Waals surface area contributed by atoms with Crippen LogP contribution in [-0.2, 0) is 9.59 Å². The highest BCUT2D eigenvalue weighted by molar-refractivity contribution is 5.84. The Kier molecular flexibility index (Phi) is 4.85. The van der Waals surface area contributed by atoms with Crippen LogP contribution in [0.4, 0.5) is 0 Å². The Morgan fingerprint density at radius 2 is 1.91 bits per heavy atom. The van der Waals surface area contributed by atoms with E-state index in [-0.39, 0.29) is 28.6 Å². The van der Waals surface area contributed by atoms with Gasteiger partial charge in [0.25, 0.3) is 0 Å². The van der Waals surface area contributed by atoms with Gasteiger partial charge in [-0.25, -0.2) is 0 Å². The van der Waals surface area contributed by atoms with Crippen molar-refractivity contribution in [3.05, 3.63) is 0 Å². The molecule has 0 radical (unpaired) electrons. The van der Waals surface area contributed by atoms with E-state index in [0.717, 1.165) is 38.9 Å². The van der Waals surface area contributed by atoms with Crippen LogP contribution in [0.25, 0.3) is 0 Å². The zero-order chi connectivity index (χ0) is 16.5. The van der Waals surface area contributed by atoms with Crippen molar-refractivity contribution in [1.82, 2.24) is 9.80 Å². The average Bonchev–Trinajstić information content (AvgIpc) is 2.88. The summed E-state index contributed by atoms with van der Waals surface area (Å²) in [4.78, 5) is 29.1. The fourth-order valence-corrected chi connectivity index (χ4v) is 3.47. The quantitative estimate of drug-likeness (QED) is 0.840. The van der Waals surface area contributed by atoms with Gasteiger partial charge in [0.2, 0.25) is 11.8 Å². The van der Waals surface area contributed by atoms with E-state index in [1.165, 1.54) is 0 Å². The van der Waals surface area contributed by atoms with Crippen LogP contribution < -0.4 is 5.73 Å². The summed E-state index contributed by atoms with van der Waals surface area (Å²) in [6, 6.07) is 0. The molecule has 22 heavy (non-hydrogen) atoms. The molecule has 5 nitrogen and oxygen atoms in total. The maximum Gasteiger partial charge on any atom is 0.227 e. The first-order valence-electron chi connectivity index (χ1n) is 8.44. The molecule has 2 unspecified atom stereocenters. The molecule has 2 N–H and O–H groups in total. The molecule has 2 aliphatic heterocycles. The smallest absolute Gasteiger partial charge is 0.227 e. The molecule has 5 heteroatoms. The van der Waals surface area contributed by atoms with Gasteiger partial charge in [0, 0.05) is 31.6 Å². The summed E-state index contributed by atoms with van der Waals surface area (Å²) < 4.78 is 0. The van der Waals surface area contributed by atoms with Crippen molar-refractivity contribution in [1.29, 1.82) is 0 Å². The van der Waals surface area contributed by atoms with Crippen LogP contribution in [0.15, 0.2) is 0 Å². The molecule has 0 aromatic carbocycles. The fourth-order valence-electron chi connectivity index (χ4n) is 3.47. The van der Waals surface area contributed by atoms with Gasteiger partial charge < -0.3 is 15.5 Å². The Morgan fingerprint density at radius 3 is 2.45 bits per heavy atom. The average molecular weight is 309 g/mol. The van der Waals surface area contributed by atoms with E-state index in [9.17, 15) is 9.59 Å². The molecule has 2 atom stereocenters. The van der Waals surface area contributed by atoms with Gasteiger partial charge in [-0.05, 0) is 31.2 Å². The summed E-state index contributed by atoms with van der Waals surface area (Å²) in [5.41, 5.74) is 5.51. The number of rotatable bonds is 2. The highest BCUT2D eigenvalue weighted by Crippen LogP contribution is 2.31. The van der Waals surface area contributed by atoms with Gasteiger partial charge in [-0.15, -0.1) is 0 Å². The maximum absolute atomic E-state index is 12.8. The standard InChI is InChI=1S/C17H31N3O2/c1-16(2,3)15(22)19-8-5-6-13(10-19)14(21)20-9-7-17(4,11-18)12-20/h13H,5-12,18H2,1-4H3. The Balaban J connectivity index is 1.98. The number of carbonyl (C=O) groups is 2. The lowest BCUT2D eigenvalue weighted by Gasteiger charge is -2.37. The van der Waals surface area contributed by atoms with Crippen molar-refractivity contribution in [2.75, 3.05) is 32.7 Å². The normalized spacial score (nSPS) is 29.8. The SMILES string of the molecule is CC1(CN)CCN(C(=O)C2CCCN(C(=O)C(C)(C)C)C2)C1. The minimum Gasteiger partial charge on any atom is -0.342 e. The Bertz CT molecular complexity index is 444. The maximum atomic E-state index is 12.8. The van der Waals surface area contributed by atoms with Gasteiger partial charge in [-0.2, -0.15) is 0 Å². The number of carbonyl (C=O) groups excluding carboxylic acids is 2. The van der Waals surface area contributed by atoms with Gasteiger partial charge in [0.15, 0.2) is 0 Å². The molecule has 2 saturated heterocycles. The molecule has 2 fully saturated rings. The van der Waals surface area contributed by atoms with Crippen LogP contribution in [0.2, 0.25) is 0 Å². The number of hydrogen-bond donors (Lipinski definition) is 1. The van der Waals surface area contributed by atoms with Crippen LogP contribution in [0.3, 0.4) is 0 Å². The van der Waals surface area contributed by atoms with Crippen LogP contribution in [0.1, 0.15) is 47.0 Å². The monoisotopic (exact) mass is 309 g/mol. The second kappa shape index (κ2) is 6.19. The summed E-state index contributed by atoms with van der Waals surface area (Å²) in [5.74, 6) is 0.321. The molecule has 2 rings (SSSR count). The van der Waals surface area contributed by atoms with E-state index in [1.54, 1.807) is 0 Å². The lowest BCUT2D eigenvalue weighted by Crippen LogP contribution is -2.49. The molecular weight excluding hydrogens is 278 g/mol. The lowest BCUT2D eigenvalue weighted by molar-refractivity contribution is -0.145. The number of nitrogens with zero attached hydrogens (tertiary/aromatic N) is 2. The molecule has 2 aliphatic rings. The number of likely N-dealkylation sites (tertiary alicyclic amines) is 2. The molecule has 2 amide bonds. The number of nitrogens with two attached hydrogens (primary N) is 1. The van der Waals surface area contributed by atoms with Crippen LogP contribution in [0, 0.1) is 16.7 Å². The third kappa shape index (κ3) is 3.62. The minimum atomic E-state index is -0.378. The topological polar surface area (TPSA) is 66.6 Å². The highest BCUT2D eigenvalue weighted by Gasteiger charge is 2.39. The molecule has 0 spiro atoms. The predicted octanol–water partition coefficient (Wildman–Crippen LogP) is 1.47. The van der Waals surface area contributed by atoms with Gasteiger partial charge in [0.05, 0.1) is 5.92 Å². The summed E-state index contributed by atoms with van der Waals surface area (Å²) in [6.45, 7) is 11.5. The largest absolute Gasteiger partial charge is 0.342 e. The second-order valence-electron chi connectivity index (χ2n) is 8.36. The molecule has 2 heterocycles. The lowest BCUT2D eigenvalue weighted by atomic mass is 9.90. The summed E-state index contributed by atoms with van der Waals surface area (Å²) in [6.07, 6.45) is 2.79. The van der Waals surface area contributed by atoms with Crippen molar-refractivity contribution in [3.63, 3.8) is 0 Å². The van der Waals surface area contributed by atoms with E-state index < -0.39 is 0 Å². The zero-order valence-corrected chi connectivity index (χ0v) is 14.5.